The van der Waals surface area contributed by atoms with Crippen molar-refractivity contribution in [2.75, 3.05) is 18.9 Å². The van der Waals surface area contributed by atoms with Crippen LogP contribution in [0.3, 0.4) is 0 Å². The molecule has 0 aliphatic rings. The van der Waals surface area contributed by atoms with Crippen molar-refractivity contribution in [3.05, 3.63) is 28.2 Å². The SMILES string of the molecule is C[C@@H](C(=O)Nc1cc(Cl)cc(Cl)c1)[NH+](C)CC(=O)NC(C)(C)C. The fourth-order valence-electron chi connectivity index (χ4n) is 1.97. The number of hydrogen-bond donors (Lipinski definition) is 3. The van der Waals surface area contributed by atoms with Gasteiger partial charge < -0.3 is 15.5 Å². The van der Waals surface area contributed by atoms with Gasteiger partial charge in [0.1, 0.15) is 0 Å². The lowest BCUT2D eigenvalue weighted by Gasteiger charge is -2.24. The van der Waals surface area contributed by atoms with E-state index < -0.39 is 6.04 Å². The van der Waals surface area contributed by atoms with Crippen LogP contribution in [0.1, 0.15) is 27.7 Å². The molecule has 7 heteroatoms. The molecule has 2 amide bonds. The van der Waals surface area contributed by atoms with Gasteiger partial charge in [-0.3, -0.25) is 9.59 Å². The van der Waals surface area contributed by atoms with Crippen LogP contribution in [-0.2, 0) is 9.59 Å². The third-order valence-electron chi connectivity index (χ3n) is 3.22. The van der Waals surface area contributed by atoms with Gasteiger partial charge in [0.15, 0.2) is 12.6 Å². The molecule has 5 nitrogen and oxygen atoms in total. The first kappa shape index (κ1) is 19.7. The first-order valence-electron chi connectivity index (χ1n) is 7.38. The molecular weight excluding hydrogens is 337 g/mol. The van der Waals surface area contributed by atoms with E-state index in [1.165, 1.54) is 0 Å². The van der Waals surface area contributed by atoms with E-state index >= 15 is 0 Å². The van der Waals surface area contributed by atoms with E-state index in [0.717, 1.165) is 4.90 Å². The monoisotopic (exact) mass is 360 g/mol. The highest BCUT2D eigenvalue weighted by molar-refractivity contribution is 6.35. The van der Waals surface area contributed by atoms with Gasteiger partial charge in [-0.15, -0.1) is 0 Å². The molecule has 23 heavy (non-hydrogen) atoms. The van der Waals surface area contributed by atoms with E-state index in [4.69, 9.17) is 23.2 Å². The van der Waals surface area contributed by atoms with Gasteiger partial charge in [0, 0.05) is 21.3 Å². The summed E-state index contributed by atoms with van der Waals surface area (Å²) in [5.41, 5.74) is 0.242. The summed E-state index contributed by atoms with van der Waals surface area (Å²) in [5, 5.41) is 6.55. The molecule has 2 atom stereocenters. The molecule has 0 aromatic heterocycles. The summed E-state index contributed by atoms with van der Waals surface area (Å²) in [6.07, 6.45) is 0. The van der Waals surface area contributed by atoms with Crippen LogP contribution in [0.25, 0.3) is 0 Å². The molecule has 0 spiro atoms. The van der Waals surface area contributed by atoms with Gasteiger partial charge >= 0.3 is 0 Å². The molecule has 1 aromatic carbocycles. The number of nitrogens with one attached hydrogen (secondary N) is 3. The van der Waals surface area contributed by atoms with Gasteiger partial charge in [-0.2, -0.15) is 0 Å². The molecule has 0 bridgehead atoms. The molecule has 0 heterocycles. The second-order valence-electron chi connectivity index (χ2n) is 6.69. The number of hydrogen-bond acceptors (Lipinski definition) is 2. The number of anilines is 1. The van der Waals surface area contributed by atoms with Crippen LogP contribution in [0.4, 0.5) is 5.69 Å². The third-order valence-corrected chi connectivity index (χ3v) is 3.65. The predicted molar refractivity (Wildman–Crippen MR) is 94.2 cm³/mol. The molecule has 0 saturated carbocycles. The first-order chi connectivity index (χ1) is 10.5. The van der Waals surface area contributed by atoms with Crippen LogP contribution in [0, 0.1) is 0 Å². The first-order valence-corrected chi connectivity index (χ1v) is 8.14. The van der Waals surface area contributed by atoms with Crippen LogP contribution in [0.2, 0.25) is 10.0 Å². The minimum absolute atomic E-state index is 0.0968. The zero-order valence-electron chi connectivity index (χ0n) is 14.1. The second kappa shape index (κ2) is 7.99. The Morgan fingerprint density at radius 2 is 1.70 bits per heavy atom. The normalized spacial score (nSPS) is 14.0. The molecule has 1 rings (SSSR count). The average Bonchev–Trinajstić information content (AvgIpc) is 2.33. The molecular formula is C16H24Cl2N3O2+. The maximum absolute atomic E-state index is 12.3. The van der Waals surface area contributed by atoms with E-state index in [1.807, 2.05) is 20.8 Å². The zero-order chi connectivity index (χ0) is 17.8. The average molecular weight is 361 g/mol. The highest BCUT2D eigenvalue weighted by Gasteiger charge is 2.25. The Morgan fingerprint density at radius 1 is 1.17 bits per heavy atom. The number of amides is 2. The Morgan fingerprint density at radius 3 is 2.17 bits per heavy atom. The maximum Gasteiger partial charge on any atom is 0.282 e. The van der Waals surface area contributed by atoms with Crippen molar-refractivity contribution in [3.8, 4) is 0 Å². The Balaban J connectivity index is 2.63. The van der Waals surface area contributed by atoms with E-state index in [-0.39, 0.29) is 23.9 Å². The second-order valence-corrected chi connectivity index (χ2v) is 7.56. The molecule has 0 aliphatic heterocycles. The smallest absolute Gasteiger partial charge is 0.282 e. The highest BCUT2D eigenvalue weighted by atomic mass is 35.5. The quantitative estimate of drug-likeness (QED) is 0.748. The third kappa shape index (κ3) is 7.20. The van der Waals surface area contributed by atoms with Crippen molar-refractivity contribution in [1.29, 1.82) is 0 Å². The standard InChI is InChI=1S/C16H23Cl2N3O2/c1-10(21(5)9-14(22)20-16(2,3)4)15(23)19-13-7-11(17)6-12(18)8-13/h6-8,10H,9H2,1-5H3,(H,19,23)(H,20,22)/p+1/t10-/m0/s1. The number of quaternary nitrogens is 1. The lowest BCUT2D eigenvalue weighted by Crippen LogP contribution is -3.15. The zero-order valence-corrected chi connectivity index (χ0v) is 15.6. The van der Waals surface area contributed by atoms with Crippen molar-refractivity contribution in [3.63, 3.8) is 0 Å². The molecule has 1 aromatic rings. The maximum atomic E-state index is 12.3. The molecule has 0 fully saturated rings. The van der Waals surface area contributed by atoms with Gasteiger partial charge in [-0.05, 0) is 45.9 Å². The number of likely N-dealkylation sites (N-methyl/N-ethyl adjacent to an activating group) is 1. The lowest BCUT2D eigenvalue weighted by molar-refractivity contribution is -0.885. The Hall–Kier alpha value is -1.30. The molecule has 0 aliphatic carbocycles. The summed E-state index contributed by atoms with van der Waals surface area (Å²) in [6, 6.07) is 4.44. The van der Waals surface area contributed by atoms with Crippen LogP contribution in [0.15, 0.2) is 18.2 Å². The Bertz CT molecular complexity index is 565. The van der Waals surface area contributed by atoms with Crippen molar-refractivity contribution < 1.29 is 14.5 Å². The number of carbonyl (C=O) groups excluding carboxylic acids is 2. The van der Waals surface area contributed by atoms with Gasteiger partial charge in [0.05, 0.1) is 7.05 Å². The fraction of sp³-hybridized carbons (Fsp3) is 0.500. The summed E-state index contributed by atoms with van der Waals surface area (Å²) in [4.78, 5) is 25.0. The van der Waals surface area contributed by atoms with Crippen LogP contribution >= 0.6 is 23.2 Å². The van der Waals surface area contributed by atoms with Crippen molar-refractivity contribution in [2.45, 2.75) is 39.3 Å². The number of benzene rings is 1. The van der Waals surface area contributed by atoms with E-state index in [1.54, 1.807) is 32.2 Å². The minimum atomic E-state index is -0.404. The summed E-state index contributed by atoms with van der Waals surface area (Å²) in [5.74, 6) is -0.301. The van der Waals surface area contributed by atoms with Gasteiger partial charge in [-0.25, -0.2) is 0 Å². The molecule has 3 N–H and O–H groups in total. The van der Waals surface area contributed by atoms with Gasteiger partial charge in [-0.1, -0.05) is 23.2 Å². The van der Waals surface area contributed by atoms with E-state index in [2.05, 4.69) is 10.6 Å². The highest BCUT2D eigenvalue weighted by Crippen LogP contribution is 2.22. The molecule has 128 valence electrons. The largest absolute Gasteiger partial charge is 0.347 e. The Labute approximate surface area is 147 Å². The van der Waals surface area contributed by atoms with Crippen LogP contribution in [0.5, 0.6) is 0 Å². The van der Waals surface area contributed by atoms with Crippen LogP contribution in [-0.4, -0.2) is 37.0 Å². The number of halogens is 2. The molecule has 1 unspecified atom stereocenters. The lowest BCUT2D eigenvalue weighted by atomic mass is 10.1. The van der Waals surface area contributed by atoms with Crippen molar-refractivity contribution in [2.24, 2.45) is 0 Å². The Kier molecular flexibility index (Phi) is 6.86. The fourth-order valence-corrected chi connectivity index (χ4v) is 2.50. The van der Waals surface area contributed by atoms with Crippen molar-refractivity contribution in [1.82, 2.24) is 5.32 Å². The van der Waals surface area contributed by atoms with E-state index in [0.29, 0.717) is 15.7 Å². The number of rotatable bonds is 5. The van der Waals surface area contributed by atoms with Crippen molar-refractivity contribution >= 4 is 40.7 Å². The summed E-state index contributed by atoms with van der Waals surface area (Å²) >= 11 is 11.8. The summed E-state index contributed by atoms with van der Waals surface area (Å²) < 4.78 is 0. The van der Waals surface area contributed by atoms with Gasteiger partial charge in [0.25, 0.3) is 11.8 Å². The van der Waals surface area contributed by atoms with Gasteiger partial charge in [0.2, 0.25) is 0 Å². The van der Waals surface area contributed by atoms with E-state index in [9.17, 15) is 9.59 Å². The number of carbonyl (C=O) groups is 2. The topological polar surface area (TPSA) is 62.6 Å². The van der Waals surface area contributed by atoms with Crippen LogP contribution < -0.4 is 15.5 Å². The molecule has 0 radical (unpaired) electrons. The molecule has 0 saturated heterocycles. The summed E-state index contributed by atoms with van der Waals surface area (Å²) in [6.45, 7) is 7.72. The summed E-state index contributed by atoms with van der Waals surface area (Å²) in [7, 11) is 1.80. The minimum Gasteiger partial charge on any atom is -0.347 e. The predicted octanol–water partition coefficient (Wildman–Crippen LogP) is 1.75.